The topological polar surface area (TPSA) is 67.7 Å². The zero-order valence-electron chi connectivity index (χ0n) is 11.2. The average Bonchev–Trinajstić information content (AvgIpc) is 3.09. The van der Waals surface area contributed by atoms with Crippen molar-refractivity contribution in [1.29, 1.82) is 0 Å². The van der Waals surface area contributed by atoms with Crippen LogP contribution in [0.2, 0.25) is 0 Å². The predicted octanol–water partition coefficient (Wildman–Crippen LogP) is 1.95. The quantitative estimate of drug-likeness (QED) is 0.720. The van der Waals surface area contributed by atoms with Crippen LogP contribution in [0.1, 0.15) is 11.3 Å². The second-order valence-corrected chi connectivity index (χ2v) is 5.60. The van der Waals surface area contributed by atoms with Gasteiger partial charge < -0.3 is 4.90 Å². The van der Waals surface area contributed by atoms with Gasteiger partial charge in [0.05, 0.1) is 5.69 Å². The van der Waals surface area contributed by atoms with Gasteiger partial charge in [-0.2, -0.15) is 0 Å². The van der Waals surface area contributed by atoms with Gasteiger partial charge in [-0.05, 0) is 6.07 Å². The Bertz CT molecular complexity index is 743. The van der Waals surface area contributed by atoms with Gasteiger partial charge in [-0.25, -0.2) is 24.9 Å². The third kappa shape index (κ3) is 2.36. The van der Waals surface area contributed by atoms with Crippen molar-refractivity contribution in [3.8, 4) is 11.6 Å². The Kier molecular flexibility index (Phi) is 3.04. The number of hydrogen-bond acceptors (Lipinski definition) is 7. The van der Waals surface area contributed by atoms with Crippen molar-refractivity contribution in [3.05, 3.63) is 47.5 Å². The Morgan fingerprint density at radius 3 is 2.71 bits per heavy atom. The van der Waals surface area contributed by atoms with Gasteiger partial charge in [0.2, 0.25) is 0 Å². The van der Waals surface area contributed by atoms with Crippen molar-refractivity contribution in [1.82, 2.24) is 24.9 Å². The fourth-order valence-electron chi connectivity index (χ4n) is 2.37. The van der Waals surface area contributed by atoms with Gasteiger partial charge in [-0.15, -0.1) is 11.3 Å². The molecule has 4 heterocycles. The molecule has 21 heavy (non-hydrogen) atoms. The average molecular weight is 296 g/mol. The molecule has 0 amide bonds. The van der Waals surface area contributed by atoms with Gasteiger partial charge >= 0.3 is 0 Å². The molecule has 0 N–H and O–H groups in total. The summed E-state index contributed by atoms with van der Waals surface area (Å²) in [6, 6.07) is 1.79. The molecule has 0 fully saturated rings. The first kappa shape index (κ1) is 12.3. The SMILES string of the molecule is c1cnc(-c2ncc3c(n2)CCN(c2nccs2)C3)nc1. The van der Waals surface area contributed by atoms with E-state index >= 15 is 0 Å². The molecule has 0 unspecified atom stereocenters. The summed E-state index contributed by atoms with van der Waals surface area (Å²) < 4.78 is 0. The van der Waals surface area contributed by atoms with E-state index in [0.29, 0.717) is 11.6 Å². The molecule has 3 aromatic heterocycles. The minimum Gasteiger partial charge on any atom is -0.343 e. The monoisotopic (exact) mass is 296 g/mol. The van der Waals surface area contributed by atoms with Crippen LogP contribution in [0, 0.1) is 0 Å². The predicted molar refractivity (Wildman–Crippen MR) is 79.9 cm³/mol. The second kappa shape index (κ2) is 5.17. The van der Waals surface area contributed by atoms with Crippen LogP contribution in [0.3, 0.4) is 0 Å². The summed E-state index contributed by atoms with van der Waals surface area (Å²) in [4.78, 5) is 24.0. The van der Waals surface area contributed by atoms with E-state index in [-0.39, 0.29) is 0 Å². The van der Waals surface area contributed by atoms with Crippen molar-refractivity contribution in [2.75, 3.05) is 11.4 Å². The highest BCUT2D eigenvalue weighted by molar-refractivity contribution is 7.13. The lowest BCUT2D eigenvalue weighted by Gasteiger charge is -2.27. The van der Waals surface area contributed by atoms with Crippen LogP contribution in [0.5, 0.6) is 0 Å². The highest BCUT2D eigenvalue weighted by atomic mass is 32.1. The van der Waals surface area contributed by atoms with Gasteiger partial charge in [0.25, 0.3) is 0 Å². The first-order chi connectivity index (χ1) is 10.4. The molecule has 0 saturated carbocycles. The molecule has 0 spiro atoms. The zero-order chi connectivity index (χ0) is 14.1. The molecule has 0 aliphatic carbocycles. The van der Waals surface area contributed by atoms with E-state index in [0.717, 1.165) is 35.9 Å². The van der Waals surface area contributed by atoms with Crippen molar-refractivity contribution >= 4 is 16.5 Å². The second-order valence-electron chi connectivity index (χ2n) is 4.72. The van der Waals surface area contributed by atoms with E-state index in [1.165, 1.54) is 0 Å². The zero-order valence-corrected chi connectivity index (χ0v) is 12.0. The number of fused-ring (bicyclic) bond motifs is 1. The molecular weight excluding hydrogens is 284 g/mol. The fraction of sp³-hybridized carbons (Fsp3) is 0.214. The molecule has 3 aromatic rings. The molecular formula is C14H12N6S. The highest BCUT2D eigenvalue weighted by Crippen LogP contribution is 2.25. The summed E-state index contributed by atoms with van der Waals surface area (Å²) in [6.07, 6.45) is 8.01. The van der Waals surface area contributed by atoms with Crippen molar-refractivity contribution in [2.24, 2.45) is 0 Å². The Labute approximate surface area is 125 Å². The molecule has 1 aliphatic rings. The molecule has 0 aromatic carbocycles. The molecule has 104 valence electrons. The van der Waals surface area contributed by atoms with Crippen molar-refractivity contribution < 1.29 is 0 Å². The lowest BCUT2D eigenvalue weighted by molar-refractivity contribution is 0.703. The molecule has 0 radical (unpaired) electrons. The fourth-order valence-corrected chi connectivity index (χ4v) is 3.04. The maximum atomic E-state index is 4.62. The van der Waals surface area contributed by atoms with Crippen LogP contribution < -0.4 is 4.90 Å². The smallest absolute Gasteiger partial charge is 0.197 e. The van der Waals surface area contributed by atoms with Crippen molar-refractivity contribution in [2.45, 2.75) is 13.0 Å². The van der Waals surface area contributed by atoms with E-state index in [1.807, 2.05) is 17.8 Å². The molecule has 1 aliphatic heterocycles. The van der Waals surface area contributed by atoms with E-state index in [2.05, 4.69) is 29.8 Å². The molecule has 7 heteroatoms. The van der Waals surface area contributed by atoms with Crippen LogP contribution >= 0.6 is 11.3 Å². The van der Waals surface area contributed by atoms with E-state index in [4.69, 9.17) is 0 Å². The van der Waals surface area contributed by atoms with Crippen LogP contribution in [0.15, 0.2) is 36.2 Å². The van der Waals surface area contributed by atoms with Crippen LogP contribution in [0.25, 0.3) is 11.6 Å². The minimum absolute atomic E-state index is 0.572. The van der Waals surface area contributed by atoms with Crippen LogP contribution in [0.4, 0.5) is 5.13 Å². The summed E-state index contributed by atoms with van der Waals surface area (Å²) in [5.74, 6) is 1.17. The largest absolute Gasteiger partial charge is 0.343 e. The minimum atomic E-state index is 0.572. The Morgan fingerprint density at radius 2 is 1.90 bits per heavy atom. The molecule has 0 saturated heterocycles. The number of rotatable bonds is 2. The Morgan fingerprint density at radius 1 is 1.00 bits per heavy atom. The molecule has 4 rings (SSSR count). The molecule has 6 nitrogen and oxygen atoms in total. The van der Waals surface area contributed by atoms with E-state index in [1.54, 1.807) is 29.8 Å². The Hall–Kier alpha value is -2.41. The lowest BCUT2D eigenvalue weighted by Crippen LogP contribution is -2.31. The third-order valence-electron chi connectivity index (χ3n) is 3.39. The van der Waals surface area contributed by atoms with Crippen molar-refractivity contribution in [3.63, 3.8) is 0 Å². The van der Waals surface area contributed by atoms with Gasteiger partial charge in [0, 0.05) is 55.2 Å². The van der Waals surface area contributed by atoms with Crippen LogP contribution in [-0.4, -0.2) is 31.5 Å². The standard InChI is InChI=1S/C14H12N6S/c1-3-15-12(16-4-1)13-18-8-10-9-20(6-2-11(10)19-13)14-17-5-7-21-14/h1,3-5,7-8H,2,6,9H2. The highest BCUT2D eigenvalue weighted by Gasteiger charge is 2.20. The van der Waals surface area contributed by atoms with Gasteiger partial charge in [0.1, 0.15) is 0 Å². The molecule has 0 bridgehead atoms. The summed E-state index contributed by atoms with van der Waals surface area (Å²) in [5.41, 5.74) is 2.23. The summed E-state index contributed by atoms with van der Waals surface area (Å²) >= 11 is 1.66. The van der Waals surface area contributed by atoms with E-state index in [9.17, 15) is 0 Å². The normalized spacial score (nSPS) is 14.0. The third-order valence-corrected chi connectivity index (χ3v) is 4.22. The number of hydrogen-bond donors (Lipinski definition) is 0. The number of anilines is 1. The van der Waals surface area contributed by atoms with Gasteiger partial charge in [-0.1, -0.05) is 0 Å². The number of thiazole rings is 1. The lowest BCUT2D eigenvalue weighted by atomic mass is 10.1. The van der Waals surface area contributed by atoms with E-state index < -0.39 is 0 Å². The van der Waals surface area contributed by atoms with Gasteiger partial charge in [-0.3, -0.25) is 0 Å². The summed E-state index contributed by atoms with van der Waals surface area (Å²) in [5, 5.41) is 3.05. The molecule has 0 atom stereocenters. The maximum absolute atomic E-state index is 4.62. The first-order valence-electron chi connectivity index (χ1n) is 6.67. The van der Waals surface area contributed by atoms with Crippen LogP contribution in [-0.2, 0) is 13.0 Å². The summed E-state index contributed by atoms with van der Waals surface area (Å²) in [7, 11) is 0. The number of aromatic nitrogens is 5. The maximum Gasteiger partial charge on any atom is 0.197 e. The first-order valence-corrected chi connectivity index (χ1v) is 7.55. The summed E-state index contributed by atoms with van der Waals surface area (Å²) in [6.45, 7) is 1.73. The Balaban J connectivity index is 1.63. The number of nitrogens with zero attached hydrogens (tertiary/aromatic N) is 6. The van der Waals surface area contributed by atoms with Gasteiger partial charge in [0.15, 0.2) is 16.8 Å².